The molecular formula is C21H15ClF3N5OS. The lowest BCUT2D eigenvalue weighted by atomic mass is 10.2. The van der Waals surface area contributed by atoms with Gasteiger partial charge in [-0.1, -0.05) is 23.7 Å². The second-order valence-corrected chi connectivity index (χ2v) is 8.78. The van der Waals surface area contributed by atoms with E-state index >= 15 is 0 Å². The van der Waals surface area contributed by atoms with Crippen LogP contribution in [0.25, 0.3) is 16.0 Å². The number of aromatic nitrogens is 4. The smallest absolute Gasteiger partial charge is 0.359 e. The molecule has 0 spiro atoms. The number of fused-ring (bicyclic) bond motifs is 1. The van der Waals surface area contributed by atoms with Crippen LogP contribution in [-0.4, -0.2) is 26.3 Å². The fourth-order valence-corrected chi connectivity index (χ4v) is 5.16. The first kappa shape index (κ1) is 20.9. The van der Waals surface area contributed by atoms with E-state index < -0.39 is 17.3 Å². The maximum atomic E-state index is 12.9. The van der Waals surface area contributed by atoms with E-state index in [-0.39, 0.29) is 16.9 Å². The minimum absolute atomic E-state index is 0.0360. The average molecular weight is 478 g/mol. The third-order valence-corrected chi connectivity index (χ3v) is 6.84. The zero-order valence-corrected chi connectivity index (χ0v) is 18.0. The van der Waals surface area contributed by atoms with Crippen molar-refractivity contribution in [2.45, 2.75) is 25.1 Å². The molecule has 1 fully saturated rings. The van der Waals surface area contributed by atoms with Gasteiger partial charge < -0.3 is 4.90 Å². The summed E-state index contributed by atoms with van der Waals surface area (Å²) in [5.41, 5.74) is -0.159. The summed E-state index contributed by atoms with van der Waals surface area (Å²) in [5.74, 6) is -0.0411. The summed E-state index contributed by atoms with van der Waals surface area (Å²) in [5, 5.41) is 5.01. The van der Waals surface area contributed by atoms with Gasteiger partial charge in [-0.25, -0.2) is 9.97 Å². The predicted molar refractivity (Wildman–Crippen MR) is 117 cm³/mol. The van der Waals surface area contributed by atoms with Crippen LogP contribution in [0, 0.1) is 0 Å². The average Bonchev–Trinajstić information content (AvgIpc) is 3.42. The quantitative estimate of drug-likeness (QED) is 0.403. The Bertz CT molecular complexity index is 1320. The Hall–Kier alpha value is -2.98. The van der Waals surface area contributed by atoms with Crippen LogP contribution in [0.2, 0.25) is 5.02 Å². The molecule has 1 atom stereocenters. The van der Waals surface area contributed by atoms with Crippen molar-refractivity contribution in [3.63, 3.8) is 0 Å². The standard InChI is InChI=1S/C21H15ClF3N5OS/c22-18-15(11-27-30(20(18)31)17-8-7-12(10-26-17)21(23,24)25)29-9-3-5-14(29)19-28-13-4-1-2-6-16(13)32-19/h1-2,4,6-8,10-11,14H,3,5,9H2/t14-/m1/s1. The number of nitrogens with zero attached hydrogens (tertiary/aromatic N) is 5. The van der Waals surface area contributed by atoms with Crippen molar-refractivity contribution in [3.8, 4) is 5.82 Å². The normalized spacial score (nSPS) is 16.8. The number of benzene rings is 1. The number of pyridine rings is 1. The van der Waals surface area contributed by atoms with Crippen molar-refractivity contribution in [1.29, 1.82) is 0 Å². The summed E-state index contributed by atoms with van der Waals surface area (Å²) in [6, 6.07) is 9.78. The van der Waals surface area contributed by atoms with E-state index in [2.05, 4.69) is 10.1 Å². The van der Waals surface area contributed by atoms with Crippen LogP contribution >= 0.6 is 22.9 Å². The second kappa shape index (κ2) is 7.86. The summed E-state index contributed by atoms with van der Waals surface area (Å²) >= 11 is 8.03. The highest BCUT2D eigenvalue weighted by molar-refractivity contribution is 7.18. The molecule has 4 heterocycles. The Morgan fingerprint density at radius 3 is 2.66 bits per heavy atom. The number of thiazole rings is 1. The maximum absolute atomic E-state index is 12.9. The van der Waals surface area contributed by atoms with E-state index in [1.165, 1.54) is 6.20 Å². The van der Waals surface area contributed by atoms with Crippen LogP contribution in [0.3, 0.4) is 0 Å². The molecule has 5 rings (SSSR count). The molecule has 3 aromatic heterocycles. The number of anilines is 1. The van der Waals surface area contributed by atoms with Crippen LogP contribution < -0.4 is 10.5 Å². The molecule has 0 N–H and O–H groups in total. The van der Waals surface area contributed by atoms with Crippen LogP contribution in [0.5, 0.6) is 0 Å². The van der Waals surface area contributed by atoms with E-state index in [9.17, 15) is 18.0 Å². The predicted octanol–water partition coefficient (Wildman–Crippen LogP) is 5.25. The number of para-hydroxylation sites is 1. The van der Waals surface area contributed by atoms with Gasteiger partial charge in [0.15, 0.2) is 5.82 Å². The molecular weight excluding hydrogens is 463 g/mol. The summed E-state index contributed by atoms with van der Waals surface area (Å²) < 4.78 is 40.3. The molecule has 1 saturated heterocycles. The third-order valence-electron chi connectivity index (χ3n) is 5.35. The monoisotopic (exact) mass is 477 g/mol. The van der Waals surface area contributed by atoms with E-state index in [0.29, 0.717) is 18.4 Å². The van der Waals surface area contributed by atoms with Gasteiger partial charge in [0.05, 0.1) is 33.7 Å². The highest BCUT2D eigenvalue weighted by atomic mass is 35.5. The summed E-state index contributed by atoms with van der Waals surface area (Å²) in [6.07, 6.45) is -0.638. The van der Waals surface area contributed by atoms with Gasteiger partial charge in [-0.05, 0) is 37.1 Å². The minimum Gasteiger partial charge on any atom is -0.359 e. The van der Waals surface area contributed by atoms with Crippen molar-refractivity contribution < 1.29 is 13.2 Å². The van der Waals surface area contributed by atoms with Gasteiger partial charge >= 0.3 is 6.18 Å². The van der Waals surface area contributed by atoms with E-state index in [4.69, 9.17) is 16.6 Å². The second-order valence-electron chi connectivity index (χ2n) is 7.33. The van der Waals surface area contributed by atoms with Crippen LogP contribution in [0.15, 0.2) is 53.6 Å². The fourth-order valence-electron chi connectivity index (χ4n) is 3.81. The van der Waals surface area contributed by atoms with Crippen molar-refractivity contribution in [3.05, 3.63) is 74.7 Å². The summed E-state index contributed by atoms with van der Waals surface area (Å²) in [6.45, 7) is 0.684. The largest absolute Gasteiger partial charge is 0.417 e. The lowest BCUT2D eigenvalue weighted by Crippen LogP contribution is -2.29. The number of rotatable bonds is 3. The Morgan fingerprint density at radius 1 is 1.12 bits per heavy atom. The van der Waals surface area contributed by atoms with Crippen molar-refractivity contribution in [2.24, 2.45) is 0 Å². The molecule has 11 heteroatoms. The highest BCUT2D eigenvalue weighted by Crippen LogP contribution is 2.40. The first-order chi connectivity index (χ1) is 15.3. The molecule has 0 amide bonds. The molecule has 164 valence electrons. The van der Waals surface area contributed by atoms with Gasteiger partial charge in [-0.3, -0.25) is 4.79 Å². The lowest BCUT2D eigenvalue weighted by molar-refractivity contribution is -0.137. The zero-order chi connectivity index (χ0) is 22.5. The minimum atomic E-state index is -4.52. The van der Waals surface area contributed by atoms with Crippen molar-refractivity contribution in [1.82, 2.24) is 19.7 Å². The van der Waals surface area contributed by atoms with Gasteiger partial charge in [-0.2, -0.15) is 23.0 Å². The molecule has 4 aromatic rings. The van der Waals surface area contributed by atoms with E-state index in [1.54, 1.807) is 11.3 Å². The molecule has 0 aliphatic carbocycles. The van der Waals surface area contributed by atoms with Gasteiger partial charge in [-0.15, -0.1) is 11.3 Å². The molecule has 32 heavy (non-hydrogen) atoms. The van der Waals surface area contributed by atoms with Gasteiger partial charge in [0.25, 0.3) is 5.56 Å². The molecule has 6 nitrogen and oxygen atoms in total. The molecule has 0 saturated carbocycles. The Balaban J connectivity index is 1.49. The van der Waals surface area contributed by atoms with Crippen molar-refractivity contribution in [2.75, 3.05) is 11.4 Å². The number of alkyl halides is 3. The molecule has 0 radical (unpaired) electrons. The van der Waals surface area contributed by atoms with Crippen LogP contribution in [0.1, 0.15) is 29.5 Å². The third kappa shape index (κ3) is 3.63. The highest BCUT2D eigenvalue weighted by Gasteiger charge is 2.32. The van der Waals surface area contributed by atoms with E-state index in [1.807, 2.05) is 29.2 Å². The number of halogens is 4. The molecule has 0 unspecified atom stereocenters. The Kier molecular flexibility index (Phi) is 5.13. The molecule has 1 aliphatic rings. The SMILES string of the molecule is O=c1c(Cl)c(N2CCC[C@@H]2c2nc3ccccc3s2)cnn1-c1ccc(C(F)(F)F)cn1. The van der Waals surface area contributed by atoms with Crippen LogP contribution in [0.4, 0.5) is 18.9 Å². The Labute approximate surface area is 188 Å². The van der Waals surface area contributed by atoms with E-state index in [0.717, 1.165) is 44.9 Å². The van der Waals surface area contributed by atoms with Crippen molar-refractivity contribution >= 4 is 38.8 Å². The molecule has 0 bridgehead atoms. The first-order valence-corrected chi connectivity index (χ1v) is 11.0. The summed E-state index contributed by atoms with van der Waals surface area (Å²) in [4.78, 5) is 23.4. The van der Waals surface area contributed by atoms with Gasteiger partial charge in [0.2, 0.25) is 0 Å². The maximum Gasteiger partial charge on any atom is 0.417 e. The molecule has 1 aliphatic heterocycles. The Morgan fingerprint density at radius 2 is 1.94 bits per heavy atom. The number of hydrogen-bond donors (Lipinski definition) is 0. The van der Waals surface area contributed by atoms with Gasteiger partial charge in [0, 0.05) is 12.7 Å². The summed E-state index contributed by atoms with van der Waals surface area (Å²) in [7, 11) is 0. The zero-order valence-electron chi connectivity index (χ0n) is 16.4. The number of hydrogen-bond acceptors (Lipinski definition) is 6. The fraction of sp³-hybridized carbons (Fsp3) is 0.238. The van der Waals surface area contributed by atoms with Crippen LogP contribution in [-0.2, 0) is 6.18 Å². The lowest BCUT2D eigenvalue weighted by Gasteiger charge is -2.25. The van der Waals surface area contributed by atoms with Gasteiger partial charge in [0.1, 0.15) is 10.0 Å². The molecule has 1 aromatic carbocycles. The first-order valence-electron chi connectivity index (χ1n) is 9.76. The topological polar surface area (TPSA) is 63.9 Å².